The lowest BCUT2D eigenvalue weighted by atomic mass is 9.93. The Balaban J connectivity index is 1.83. The number of allylic oxidation sites excluding steroid dienone is 1. The molecule has 1 amide bonds. The Morgan fingerprint density at radius 2 is 2.21 bits per heavy atom. The third-order valence-corrected chi connectivity index (χ3v) is 6.37. The second-order valence-electron chi connectivity index (χ2n) is 7.39. The minimum atomic E-state index is -0.0920. The van der Waals surface area contributed by atoms with Gasteiger partial charge in [-0.1, -0.05) is 43.3 Å². The molecule has 1 atom stereocenters. The fourth-order valence-electron chi connectivity index (χ4n) is 3.94. The molecule has 1 unspecified atom stereocenters. The molecule has 0 saturated heterocycles. The van der Waals surface area contributed by atoms with Gasteiger partial charge < -0.3 is 9.88 Å². The van der Waals surface area contributed by atoms with E-state index in [4.69, 9.17) is 0 Å². The first-order valence-electron chi connectivity index (χ1n) is 10.5. The van der Waals surface area contributed by atoms with Crippen LogP contribution in [0.1, 0.15) is 62.2 Å². The van der Waals surface area contributed by atoms with E-state index in [1.807, 2.05) is 17.9 Å². The number of rotatable bonds is 8. The standard InChI is InChI=1S/C24H31N3OS/c1-4-14-29-15-8-11-22(28)27-13-12-21-23(26-17-25-21)24(27)18(3)16-20-10-7-6-9-19(20)5-2/h4,6-7,9-10,14,16-17,24H,5,8,11-13,15H2,1-3H3,(H,25,26)/b14-4-,18-16+. The fourth-order valence-corrected chi connectivity index (χ4v) is 4.58. The maximum absolute atomic E-state index is 13.1. The average Bonchev–Trinajstić information content (AvgIpc) is 3.21. The molecular weight excluding hydrogens is 378 g/mol. The molecule has 2 heterocycles. The molecule has 0 bridgehead atoms. The van der Waals surface area contributed by atoms with Gasteiger partial charge in [0.05, 0.1) is 18.1 Å². The summed E-state index contributed by atoms with van der Waals surface area (Å²) in [5.74, 6) is 1.20. The molecule has 0 aliphatic carbocycles. The number of benzene rings is 1. The summed E-state index contributed by atoms with van der Waals surface area (Å²) in [7, 11) is 0. The van der Waals surface area contributed by atoms with E-state index in [9.17, 15) is 4.79 Å². The predicted molar refractivity (Wildman–Crippen MR) is 123 cm³/mol. The smallest absolute Gasteiger partial charge is 0.223 e. The van der Waals surface area contributed by atoms with Crippen molar-refractivity contribution in [1.82, 2.24) is 14.9 Å². The number of carbonyl (C=O) groups is 1. The Labute approximate surface area is 178 Å². The normalized spacial score (nSPS) is 17.0. The highest BCUT2D eigenvalue weighted by molar-refractivity contribution is 8.02. The van der Waals surface area contributed by atoms with E-state index < -0.39 is 0 Å². The van der Waals surface area contributed by atoms with Gasteiger partial charge >= 0.3 is 0 Å². The first-order chi connectivity index (χ1) is 14.2. The molecule has 0 spiro atoms. The Hall–Kier alpha value is -2.27. The highest BCUT2D eigenvalue weighted by Crippen LogP contribution is 2.35. The summed E-state index contributed by atoms with van der Waals surface area (Å²) >= 11 is 1.76. The van der Waals surface area contributed by atoms with Crippen LogP contribution < -0.4 is 0 Å². The van der Waals surface area contributed by atoms with Gasteiger partial charge in [0, 0.05) is 25.1 Å². The van der Waals surface area contributed by atoms with Crippen molar-refractivity contribution in [2.45, 2.75) is 52.5 Å². The number of imidazole rings is 1. The minimum Gasteiger partial charge on any atom is -0.348 e. The van der Waals surface area contributed by atoms with Gasteiger partial charge in [-0.05, 0) is 54.6 Å². The van der Waals surface area contributed by atoms with Gasteiger partial charge in [-0.15, -0.1) is 11.8 Å². The van der Waals surface area contributed by atoms with Crippen LogP contribution in [0.5, 0.6) is 0 Å². The molecule has 5 heteroatoms. The van der Waals surface area contributed by atoms with E-state index in [0.717, 1.165) is 48.5 Å². The SMILES string of the molecule is C/C=C\SCCCC(=O)N1CCc2[nH]cnc2C1/C(C)=C/c1ccccc1CC. The summed E-state index contributed by atoms with van der Waals surface area (Å²) in [6.07, 6.45) is 9.33. The van der Waals surface area contributed by atoms with Crippen LogP contribution >= 0.6 is 11.8 Å². The van der Waals surface area contributed by atoms with Crippen LogP contribution in [0.15, 0.2) is 47.6 Å². The van der Waals surface area contributed by atoms with E-state index in [1.165, 1.54) is 11.1 Å². The molecule has 1 aromatic carbocycles. The zero-order valence-corrected chi connectivity index (χ0v) is 18.5. The van der Waals surface area contributed by atoms with Gasteiger partial charge in [0.1, 0.15) is 0 Å². The molecule has 29 heavy (non-hydrogen) atoms. The van der Waals surface area contributed by atoms with Crippen molar-refractivity contribution >= 4 is 23.7 Å². The first kappa shape index (κ1) is 21.4. The Morgan fingerprint density at radius 1 is 1.38 bits per heavy atom. The van der Waals surface area contributed by atoms with Crippen LogP contribution in [0.3, 0.4) is 0 Å². The summed E-state index contributed by atoms with van der Waals surface area (Å²) in [6.45, 7) is 7.06. The molecule has 4 nitrogen and oxygen atoms in total. The number of aromatic nitrogens is 2. The summed E-state index contributed by atoms with van der Waals surface area (Å²) < 4.78 is 0. The maximum atomic E-state index is 13.1. The number of hydrogen-bond acceptors (Lipinski definition) is 3. The molecule has 2 aromatic rings. The van der Waals surface area contributed by atoms with Crippen LogP contribution in [0.4, 0.5) is 0 Å². The van der Waals surface area contributed by atoms with Crippen LogP contribution in [0, 0.1) is 0 Å². The molecule has 0 saturated carbocycles. The molecule has 0 fully saturated rings. The molecule has 1 aromatic heterocycles. The van der Waals surface area contributed by atoms with Crippen molar-refractivity contribution in [2.75, 3.05) is 12.3 Å². The van der Waals surface area contributed by atoms with Gasteiger partial charge in [-0.3, -0.25) is 4.79 Å². The zero-order valence-electron chi connectivity index (χ0n) is 17.6. The minimum absolute atomic E-state index is 0.0920. The lowest BCUT2D eigenvalue weighted by molar-refractivity contribution is -0.133. The number of H-pyrrole nitrogens is 1. The van der Waals surface area contributed by atoms with Gasteiger partial charge in [0.25, 0.3) is 0 Å². The van der Waals surface area contributed by atoms with Crippen LogP contribution in [-0.2, 0) is 17.6 Å². The summed E-state index contributed by atoms with van der Waals surface area (Å²) in [5, 5.41) is 2.09. The molecule has 1 aliphatic rings. The molecule has 154 valence electrons. The number of fused-ring (bicyclic) bond motifs is 1. The van der Waals surface area contributed by atoms with Gasteiger partial charge in [0.2, 0.25) is 5.91 Å². The number of amides is 1. The van der Waals surface area contributed by atoms with E-state index in [0.29, 0.717) is 6.42 Å². The quantitative estimate of drug-likeness (QED) is 0.582. The van der Waals surface area contributed by atoms with Crippen molar-refractivity contribution in [2.24, 2.45) is 0 Å². The maximum Gasteiger partial charge on any atom is 0.223 e. The van der Waals surface area contributed by atoms with Crippen LogP contribution in [0.2, 0.25) is 0 Å². The number of hydrogen-bond donors (Lipinski definition) is 1. The van der Waals surface area contributed by atoms with E-state index in [1.54, 1.807) is 18.1 Å². The van der Waals surface area contributed by atoms with Gasteiger partial charge in [0.15, 0.2) is 0 Å². The summed E-state index contributed by atoms with van der Waals surface area (Å²) in [6, 6.07) is 8.39. The number of carbonyl (C=O) groups excluding carboxylic acids is 1. The van der Waals surface area contributed by atoms with Crippen LogP contribution in [-0.4, -0.2) is 33.1 Å². The first-order valence-corrected chi connectivity index (χ1v) is 11.5. The number of aryl methyl sites for hydroxylation is 1. The molecule has 1 N–H and O–H groups in total. The topological polar surface area (TPSA) is 49.0 Å². The monoisotopic (exact) mass is 409 g/mol. The van der Waals surface area contributed by atoms with Gasteiger partial charge in [-0.25, -0.2) is 4.98 Å². The number of thioether (sulfide) groups is 1. The second-order valence-corrected chi connectivity index (χ2v) is 8.40. The number of aromatic amines is 1. The van der Waals surface area contributed by atoms with Gasteiger partial charge in [-0.2, -0.15) is 0 Å². The average molecular weight is 410 g/mol. The Kier molecular flexibility index (Phi) is 7.76. The Morgan fingerprint density at radius 3 is 3.00 bits per heavy atom. The highest BCUT2D eigenvalue weighted by atomic mass is 32.2. The van der Waals surface area contributed by atoms with Crippen molar-refractivity contribution in [1.29, 1.82) is 0 Å². The third kappa shape index (κ3) is 5.21. The molecule has 3 rings (SSSR count). The van der Waals surface area contributed by atoms with E-state index in [2.05, 4.69) is 59.6 Å². The second kappa shape index (κ2) is 10.5. The van der Waals surface area contributed by atoms with Crippen LogP contribution in [0.25, 0.3) is 6.08 Å². The summed E-state index contributed by atoms with van der Waals surface area (Å²) in [4.78, 5) is 23.0. The van der Waals surface area contributed by atoms with Crippen molar-refractivity contribution in [3.63, 3.8) is 0 Å². The molecule has 1 aliphatic heterocycles. The van der Waals surface area contributed by atoms with Crippen molar-refractivity contribution in [3.05, 3.63) is 70.2 Å². The number of nitrogens with one attached hydrogen (secondary N) is 1. The number of nitrogens with zero attached hydrogens (tertiary/aromatic N) is 2. The highest BCUT2D eigenvalue weighted by Gasteiger charge is 2.33. The molecule has 0 radical (unpaired) electrons. The Bertz CT molecular complexity index is 884. The van der Waals surface area contributed by atoms with Crippen molar-refractivity contribution < 1.29 is 4.79 Å². The predicted octanol–water partition coefficient (Wildman–Crippen LogP) is 5.55. The third-order valence-electron chi connectivity index (χ3n) is 5.38. The van der Waals surface area contributed by atoms with Crippen molar-refractivity contribution in [3.8, 4) is 0 Å². The molecular formula is C24H31N3OS. The lowest BCUT2D eigenvalue weighted by Gasteiger charge is -2.36. The fraction of sp³-hybridized carbons (Fsp3) is 0.417. The zero-order chi connectivity index (χ0) is 20.6. The summed E-state index contributed by atoms with van der Waals surface area (Å²) in [5.41, 5.74) is 5.86. The lowest BCUT2D eigenvalue weighted by Crippen LogP contribution is -2.40. The largest absolute Gasteiger partial charge is 0.348 e. The van der Waals surface area contributed by atoms with E-state index >= 15 is 0 Å². The van der Waals surface area contributed by atoms with E-state index in [-0.39, 0.29) is 11.9 Å².